The number of fused-ring (bicyclic) bond motifs is 1. The van der Waals surface area contributed by atoms with Gasteiger partial charge in [0.15, 0.2) is 0 Å². The van der Waals surface area contributed by atoms with E-state index in [1.807, 2.05) is 36.1 Å². The number of hydrogen-bond acceptors (Lipinski definition) is 6. The van der Waals surface area contributed by atoms with E-state index in [9.17, 15) is 9.59 Å². The van der Waals surface area contributed by atoms with E-state index in [2.05, 4.69) is 15.4 Å². The maximum atomic E-state index is 12.8. The molecule has 0 bridgehead atoms. The number of anilines is 2. The lowest BCUT2D eigenvalue weighted by molar-refractivity contribution is -0.117. The quantitative estimate of drug-likeness (QED) is 0.767. The first-order chi connectivity index (χ1) is 12.5. The van der Waals surface area contributed by atoms with E-state index >= 15 is 0 Å². The third-order valence-electron chi connectivity index (χ3n) is 4.57. The molecule has 1 saturated heterocycles. The van der Waals surface area contributed by atoms with Gasteiger partial charge in [-0.2, -0.15) is 4.52 Å². The van der Waals surface area contributed by atoms with Crippen LogP contribution in [0.3, 0.4) is 0 Å². The Morgan fingerprint density at radius 3 is 2.92 bits per heavy atom. The van der Waals surface area contributed by atoms with Crippen molar-refractivity contribution in [2.45, 2.75) is 32.7 Å². The van der Waals surface area contributed by atoms with E-state index in [-0.39, 0.29) is 17.5 Å². The van der Waals surface area contributed by atoms with Crippen molar-refractivity contribution < 1.29 is 4.79 Å². The van der Waals surface area contributed by atoms with E-state index in [1.165, 1.54) is 21.9 Å². The lowest BCUT2D eigenvalue weighted by Crippen LogP contribution is -2.40. The zero-order valence-corrected chi connectivity index (χ0v) is 15.4. The van der Waals surface area contributed by atoms with Crippen LogP contribution >= 0.6 is 11.3 Å². The fourth-order valence-electron chi connectivity index (χ4n) is 3.22. The smallest absolute Gasteiger partial charge is 0.275 e. The number of aromatic nitrogens is 3. The Labute approximate surface area is 154 Å². The second-order valence-electron chi connectivity index (χ2n) is 6.47. The molecule has 8 heteroatoms. The van der Waals surface area contributed by atoms with Gasteiger partial charge >= 0.3 is 0 Å². The lowest BCUT2D eigenvalue weighted by Gasteiger charge is -2.23. The van der Waals surface area contributed by atoms with Crippen LogP contribution in [0.25, 0.3) is 4.96 Å². The monoisotopic (exact) mass is 369 g/mol. The SMILES string of the molecule is Cc1cc(=O)n2nc(N3CCC[C@H]3C(=O)Nc3ccccc3C)sc2n1. The Balaban J connectivity index is 1.62. The molecule has 3 heterocycles. The van der Waals surface area contributed by atoms with Gasteiger partial charge in [0.05, 0.1) is 0 Å². The van der Waals surface area contributed by atoms with Gasteiger partial charge in [0.25, 0.3) is 5.56 Å². The van der Waals surface area contributed by atoms with Crippen LogP contribution in [0.4, 0.5) is 10.8 Å². The molecule has 0 unspecified atom stereocenters. The van der Waals surface area contributed by atoms with Crippen LogP contribution in [-0.2, 0) is 4.79 Å². The minimum absolute atomic E-state index is 0.0486. The number of amides is 1. The van der Waals surface area contributed by atoms with Crippen molar-refractivity contribution in [1.82, 2.24) is 14.6 Å². The first kappa shape index (κ1) is 16.7. The van der Waals surface area contributed by atoms with Crippen LogP contribution in [-0.4, -0.2) is 33.1 Å². The number of benzene rings is 1. The molecule has 1 fully saturated rings. The summed E-state index contributed by atoms with van der Waals surface area (Å²) < 4.78 is 1.31. The summed E-state index contributed by atoms with van der Waals surface area (Å²) in [6.45, 7) is 4.49. The third-order valence-corrected chi connectivity index (χ3v) is 5.51. The van der Waals surface area contributed by atoms with Crippen LogP contribution in [0.5, 0.6) is 0 Å². The third kappa shape index (κ3) is 2.96. The molecule has 1 N–H and O–H groups in total. The normalized spacial score (nSPS) is 17.0. The predicted octanol–water partition coefficient (Wildman–Crippen LogP) is 2.38. The predicted molar refractivity (Wildman–Crippen MR) is 102 cm³/mol. The van der Waals surface area contributed by atoms with Gasteiger partial charge in [0.2, 0.25) is 16.0 Å². The van der Waals surface area contributed by atoms with E-state index in [1.54, 1.807) is 6.92 Å². The molecule has 1 amide bonds. The Hall–Kier alpha value is -2.74. The molecule has 3 aromatic rings. The maximum Gasteiger partial charge on any atom is 0.275 e. The summed E-state index contributed by atoms with van der Waals surface area (Å²) in [5, 5.41) is 8.07. The number of rotatable bonds is 3. The number of hydrogen-bond donors (Lipinski definition) is 1. The van der Waals surface area contributed by atoms with Crippen molar-refractivity contribution >= 4 is 33.0 Å². The molecule has 1 atom stereocenters. The largest absolute Gasteiger partial charge is 0.335 e. The maximum absolute atomic E-state index is 12.8. The molecule has 1 aliphatic rings. The number of carbonyl (C=O) groups excluding carboxylic acids is 1. The highest BCUT2D eigenvalue weighted by atomic mass is 32.1. The fraction of sp³-hybridized carbons (Fsp3) is 0.333. The van der Waals surface area contributed by atoms with Gasteiger partial charge in [-0.3, -0.25) is 9.59 Å². The van der Waals surface area contributed by atoms with Crippen LogP contribution in [0.15, 0.2) is 35.1 Å². The highest BCUT2D eigenvalue weighted by Crippen LogP contribution is 2.30. The number of para-hydroxylation sites is 1. The molecule has 0 saturated carbocycles. The molecule has 7 nitrogen and oxygen atoms in total. The Bertz CT molecular complexity index is 1040. The van der Waals surface area contributed by atoms with Crippen LogP contribution in [0.2, 0.25) is 0 Å². The lowest BCUT2D eigenvalue weighted by atomic mass is 10.1. The standard InChI is InChI=1S/C18H19N5O2S/c1-11-6-3-4-7-13(11)20-16(25)14-8-5-9-22(14)18-21-23-15(24)10-12(2)19-17(23)26-18/h3-4,6-7,10,14H,5,8-9H2,1-2H3,(H,20,25)/t14-/m0/s1. The first-order valence-corrected chi connectivity index (χ1v) is 9.35. The molecule has 0 radical (unpaired) electrons. The van der Waals surface area contributed by atoms with Gasteiger partial charge < -0.3 is 10.2 Å². The van der Waals surface area contributed by atoms with Crippen LogP contribution in [0.1, 0.15) is 24.1 Å². The number of aryl methyl sites for hydroxylation is 2. The van der Waals surface area contributed by atoms with E-state index in [0.717, 1.165) is 30.6 Å². The van der Waals surface area contributed by atoms with Gasteiger partial charge in [-0.1, -0.05) is 29.5 Å². The van der Waals surface area contributed by atoms with Crippen molar-refractivity contribution in [3.63, 3.8) is 0 Å². The summed E-state index contributed by atoms with van der Waals surface area (Å²) in [6.07, 6.45) is 1.66. The number of carbonyl (C=O) groups is 1. The molecule has 26 heavy (non-hydrogen) atoms. The highest BCUT2D eigenvalue weighted by molar-refractivity contribution is 7.20. The summed E-state index contributed by atoms with van der Waals surface area (Å²) >= 11 is 1.34. The molecule has 0 spiro atoms. The molecule has 1 aromatic carbocycles. The van der Waals surface area contributed by atoms with E-state index in [0.29, 0.717) is 15.8 Å². The van der Waals surface area contributed by atoms with Crippen molar-refractivity contribution in [2.24, 2.45) is 0 Å². The molecule has 4 rings (SSSR count). The zero-order chi connectivity index (χ0) is 18.3. The molecule has 2 aromatic heterocycles. The second kappa shape index (κ2) is 6.53. The average Bonchev–Trinajstić information content (AvgIpc) is 3.23. The first-order valence-electron chi connectivity index (χ1n) is 8.53. The van der Waals surface area contributed by atoms with E-state index < -0.39 is 0 Å². The Morgan fingerprint density at radius 2 is 2.12 bits per heavy atom. The number of nitrogens with zero attached hydrogens (tertiary/aromatic N) is 4. The Kier molecular flexibility index (Phi) is 4.20. The van der Waals surface area contributed by atoms with Crippen molar-refractivity contribution in [1.29, 1.82) is 0 Å². The number of nitrogens with one attached hydrogen (secondary N) is 1. The summed E-state index contributed by atoms with van der Waals surface area (Å²) in [5.41, 5.74) is 2.31. The minimum atomic E-state index is -0.299. The summed E-state index contributed by atoms with van der Waals surface area (Å²) in [4.78, 5) is 31.8. The summed E-state index contributed by atoms with van der Waals surface area (Å²) in [7, 11) is 0. The van der Waals surface area contributed by atoms with Crippen molar-refractivity contribution in [3.05, 3.63) is 51.9 Å². The van der Waals surface area contributed by atoms with Gasteiger partial charge in [-0.15, -0.1) is 5.10 Å². The highest BCUT2D eigenvalue weighted by Gasteiger charge is 2.33. The second-order valence-corrected chi connectivity index (χ2v) is 7.40. The van der Waals surface area contributed by atoms with Crippen molar-refractivity contribution in [2.75, 3.05) is 16.8 Å². The van der Waals surface area contributed by atoms with Gasteiger partial charge in [0, 0.05) is 24.0 Å². The van der Waals surface area contributed by atoms with Gasteiger partial charge in [-0.25, -0.2) is 4.98 Å². The van der Waals surface area contributed by atoms with Crippen LogP contribution in [0, 0.1) is 13.8 Å². The average molecular weight is 369 g/mol. The fourth-order valence-corrected chi connectivity index (χ4v) is 4.25. The van der Waals surface area contributed by atoms with Gasteiger partial charge in [-0.05, 0) is 38.3 Å². The minimum Gasteiger partial charge on any atom is -0.335 e. The Morgan fingerprint density at radius 1 is 1.31 bits per heavy atom. The molecule has 1 aliphatic heterocycles. The van der Waals surface area contributed by atoms with E-state index in [4.69, 9.17) is 0 Å². The molecular formula is C18H19N5O2S. The summed E-state index contributed by atoms with van der Waals surface area (Å²) in [6, 6.07) is 8.88. The molecule has 134 valence electrons. The summed E-state index contributed by atoms with van der Waals surface area (Å²) in [5.74, 6) is -0.0486. The molecule has 0 aliphatic carbocycles. The topological polar surface area (TPSA) is 79.6 Å². The van der Waals surface area contributed by atoms with Crippen LogP contribution < -0.4 is 15.8 Å². The molecular weight excluding hydrogens is 350 g/mol. The van der Waals surface area contributed by atoms with Crippen molar-refractivity contribution in [3.8, 4) is 0 Å². The van der Waals surface area contributed by atoms with Gasteiger partial charge in [0.1, 0.15) is 6.04 Å². The zero-order valence-electron chi connectivity index (χ0n) is 14.6.